The number of imidazole rings is 1. The van der Waals surface area contributed by atoms with Gasteiger partial charge in [0.15, 0.2) is 0 Å². The van der Waals surface area contributed by atoms with Gasteiger partial charge in [-0.2, -0.15) is 0 Å². The van der Waals surface area contributed by atoms with Crippen LogP contribution in [-0.2, 0) is 39.5 Å². The smallest absolute Gasteiger partial charge is 0.0178 e. The molecule has 0 radical (unpaired) electrons. The van der Waals surface area contributed by atoms with Gasteiger partial charge in [0.05, 0.1) is 0 Å². The fraction of sp³-hybridized carbons (Fsp3) is 0.308. The number of aromatic nitrogens is 2. The first-order chi connectivity index (χ1) is 8.58. The van der Waals surface area contributed by atoms with Crippen LogP contribution in [0.4, 0.5) is 0 Å². The summed E-state index contributed by atoms with van der Waals surface area (Å²) in [4.78, 5) is 0. The molecule has 0 bridgehead atoms. The molecule has 2 N–H and O–H groups in total. The van der Waals surface area contributed by atoms with Crippen molar-refractivity contribution in [2.75, 3.05) is 0 Å². The number of benzene rings is 1. The van der Waals surface area contributed by atoms with E-state index in [1.165, 1.54) is 9.37 Å². The van der Waals surface area contributed by atoms with Crippen LogP contribution in [0.15, 0.2) is 41.1 Å². The zero-order valence-corrected chi connectivity index (χ0v) is 14.4. The molecule has 2 aromatic rings. The second-order valence-electron chi connectivity index (χ2n) is 3.77. The standard InChI is InChI=1S/C7H8BrN.C6H10N2.Pt/c8-7-3-1-6(5-9)2-4-7;1-3-8-5-4-7(2)6-8;/h1-4H,5,9H2;4-5H,3H2,1-2H3;. The van der Waals surface area contributed by atoms with E-state index in [4.69, 9.17) is 5.73 Å². The van der Waals surface area contributed by atoms with E-state index in [1.54, 1.807) is 0 Å². The maximum atomic E-state index is 5.38. The Kier molecular flexibility index (Phi) is 6.83. The number of nitrogens with two attached hydrogens (primary N) is 1. The molecule has 1 aromatic carbocycles. The minimum atomic E-state index is 0.618. The van der Waals surface area contributed by atoms with Crippen molar-refractivity contribution < 1.29 is 19.4 Å². The molecule has 0 aliphatic heterocycles. The molecule has 0 atom stereocenters. The first-order valence-electron chi connectivity index (χ1n) is 5.70. The molecular formula is C13H18BrN3Pt. The second kappa shape index (κ2) is 7.88. The third-order valence-corrected chi connectivity index (χ3v) is 4.43. The molecule has 18 heavy (non-hydrogen) atoms. The van der Waals surface area contributed by atoms with Gasteiger partial charge < -0.3 is 5.73 Å². The van der Waals surface area contributed by atoms with Gasteiger partial charge in [0.2, 0.25) is 0 Å². The molecule has 3 nitrogen and oxygen atoms in total. The van der Waals surface area contributed by atoms with Crippen LogP contribution in [0.25, 0.3) is 0 Å². The maximum absolute atomic E-state index is 5.38. The van der Waals surface area contributed by atoms with E-state index in [0.29, 0.717) is 6.54 Å². The van der Waals surface area contributed by atoms with Gasteiger partial charge in [0.1, 0.15) is 0 Å². The van der Waals surface area contributed by atoms with Crippen LogP contribution >= 0.6 is 15.9 Å². The zero-order chi connectivity index (χ0) is 13.5. The Hall–Kier alpha value is -0.442. The topological polar surface area (TPSA) is 35.9 Å². The summed E-state index contributed by atoms with van der Waals surface area (Å²) in [7, 11) is 2.05. The van der Waals surface area contributed by atoms with Crippen LogP contribution in [0.1, 0.15) is 12.5 Å². The molecule has 0 fully saturated rings. The molecule has 2 rings (SSSR count). The number of halogens is 1. The van der Waals surface area contributed by atoms with E-state index >= 15 is 0 Å². The Bertz CT molecular complexity index is 528. The van der Waals surface area contributed by atoms with Gasteiger partial charge in [-0.3, -0.25) is 0 Å². The van der Waals surface area contributed by atoms with E-state index in [9.17, 15) is 0 Å². The van der Waals surface area contributed by atoms with Crippen molar-refractivity contribution in [1.82, 2.24) is 9.13 Å². The fourth-order valence-electron chi connectivity index (χ4n) is 1.34. The number of rotatable bonds is 2. The Morgan fingerprint density at radius 1 is 1.22 bits per heavy atom. The zero-order valence-electron chi connectivity index (χ0n) is 10.5. The largest absolute Gasteiger partial charge is 0.326 e. The van der Waals surface area contributed by atoms with E-state index < -0.39 is 0 Å². The summed E-state index contributed by atoms with van der Waals surface area (Å²) in [6.45, 7) is 3.81. The van der Waals surface area contributed by atoms with Crippen molar-refractivity contribution in [2.45, 2.75) is 20.0 Å². The van der Waals surface area contributed by atoms with Crippen LogP contribution in [0.2, 0.25) is 0 Å². The summed E-state index contributed by atoms with van der Waals surface area (Å²) < 4.78 is 6.67. The van der Waals surface area contributed by atoms with Gasteiger partial charge in [-0.25, -0.2) is 0 Å². The van der Waals surface area contributed by atoms with Crippen molar-refractivity contribution >= 4 is 15.9 Å². The van der Waals surface area contributed by atoms with Crippen LogP contribution in [0.3, 0.4) is 0 Å². The summed E-state index contributed by atoms with van der Waals surface area (Å²) in [6, 6.07) is 7.98. The molecule has 0 saturated carbocycles. The average Bonchev–Trinajstić information content (AvgIpc) is 2.71. The van der Waals surface area contributed by atoms with Gasteiger partial charge in [-0.1, -0.05) is 28.1 Å². The van der Waals surface area contributed by atoms with Crippen molar-refractivity contribution in [2.24, 2.45) is 12.8 Å². The van der Waals surface area contributed by atoms with Crippen LogP contribution < -0.4 is 5.73 Å². The molecule has 5 heteroatoms. The molecule has 0 aliphatic carbocycles. The molecule has 0 saturated heterocycles. The monoisotopic (exact) mass is 490 g/mol. The van der Waals surface area contributed by atoms with E-state index in [-0.39, 0.29) is 0 Å². The van der Waals surface area contributed by atoms with E-state index in [1.807, 2.05) is 24.3 Å². The first kappa shape index (κ1) is 15.6. The van der Waals surface area contributed by atoms with Gasteiger partial charge in [0.25, 0.3) is 0 Å². The van der Waals surface area contributed by atoms with E-state index in [0.717, 1.165) is 11.0 Å². The number of hydrogen-bond donors (Lipinski definition) is 1. The molecule has 0 amide bonds. The minimum Gasteiger partial charge on any atom is -0.326 e. The van der Waals surface area contributed by atoms with Crippen molar-refractivity contribution in [3.8, 4) is 0 Å². The van der Waals surface area contributed by atoms with Crippen LogP contribution in [0.5, 0.6) is 0 Å². The molecular weight excluding hydrogens is 473 g/mol. The number of nitrogens with zero attached hydrogens (tertiary/aromatic N) is 2. The number of aryl methyl sites for hydroxylation is 2. The van der Waals surface area contributed by atoms with Crippen molar-refractivity contribution in [3.05, 3.63) is 50.5 Å². The third kappa shape index (κ3) is 4.68. The van der Waals surface area contributed by atoms with Crippen molar-refractivity contribution in [1.29, 1.82) is 0 Å². The average molecular weight is 491 g/mol. The molecule has 0 spiro atoms. The van der Waals surface area contributed by atoms with Crippen LogP contribution in [-0.4, -0.2) is 9.13 Å². The van der Waals surface area contributed by atoms with Gasteiger partial charge in [-0.05, 0) is 17.7 Å². The maximum Gasteiger partial charge on any atom is 0.0178 e. The van der Waals surface area contributed by atoms with Crippen molar-refractivity contribution in [3.63, 3.8) is 0 Å². The van der Waals surface area contributed by atoms with Gasteiger partial charge in [0, 0.05) is 11.0 Å². The Labute approximate surface area is 127 Å². The summed E-state index contributed by atoms with van der Waals surface area (Å²) in [6.07, 6.45) is 4.15. The summed E-state index contributed by atoms with van der Waals surface area (Å²) in [5.41, 5.74) is 6.55. The van der Waals surface area contributed by atoms with Crippen LogP contribution in [0, 0.1) is 3.80 Å². The molecule has 1 aromatic heterocycles. The predicted molar refractivity (Wildman–Crippen MR) is 74.4 cm³/mol. The number of hydrogen-bond acceptors (Lipinski definition) is 1. The first-order valence-corrected chi connectivity index (χ1v) is 7.63. The summed E-state index contributed by atoms with van der Waals surface area (Å²) >= 11 is 5.64. The molecule has 0 aliphatic rings. The molecule has 0 unspecified atom stereocenters. The summed E-state index contributed by atoms with van der Waals surface area (Å²) in [5.74, 6) is 0. The Morgan fingerprint density at radius 2 is 1.83 bits per heavy atom. The molecule has 1 heterocycles. The third-order valence-electron chi connectivity index (χ3n) is 2.45. The molecule has 102 valence electrons. The summed E-state index contributed by atoms with van der Waals surface area (Å²) in [5, 5.41) is 0. The fourth-order valence-corrected chi connectivity index (χ4v) is 2.31. The minimum absolute atomic E-state index is 0.618. The second-order valence-corrected chi connectivity index (χ2v) is 5.70. The Balaban J connectivity index is 0.000000180. The normalized spacial score (nSPS) is 9.89. The quantitative estimate of drug-likeness (QED) is 0.690. The predicted octanol–water partition coefficient (Wildman–Crippen LogP) is 2.83. The SMILES string of the molecule is CCn1ccn(C)[c]1=[Pt].NCc1ccc(Br)cc1. The van der Waals surface area contributed by atoms with Gasteiger partial charge in [-0.15, -0.1) is 0 Å². The Morgan fingerprint density at radius 3 is 2.17 bits per heavy atom. The van der Waals surface area contributed by atoms with E-state index in [2.05, 4.69) is 70.8 Å². The van der Waals surface area contributed by atoms with Gasteiger partial charge >= 0.3 is 65.2 Å².